The van der Waals surface area contributed by atoms with Gasteiger partial charge in [-0.05, 0) is 30.3 Å². The lowest BCUT2D eigenvalue weighted by atomic mass is 10.1. The molecule has 0 saturated carbocycles. The lowest BCUT2D eigenvalue weighted by Crippen LogP contribution is -2.14. The monoisotopic (exact) mass is 301 g/mol. The van der Waals surface area contributed by atoms with E-state index in [0.29, 0.717) is 11.3 Å². The average molecular weight is 301 g/mol. The second-order valence-corrected chi connectivity index (χ2v) is 6.34. The van der Waals surface area contributed by atoms with Crippen LogP contribution in [0.15, 0.2) is 53.4 Å². The van der Waals surface area contributed by atoms with Gasteiger partial charge >= 0.3 is 0 Å². The summed E-state index contributed by atoms with van der Waals surface area (Å²) in [6.45, 7) is 0. The Labute approximate surface area is 124 Å². The number of nitriles is 1. The third kappa shape index (κ3) is 3.33. The number of benzene rings is 2. The first-order valence-electron chi connectivity index (χ1n) is 6.23. The Morgan fingerprint density at radius 3 is 2.33 bits per heavy atom. The van der Waals surface area contributed by atoms with E-state index >= 15 is 0 Å². The Kier molecular flexibility index (Phi) is 4.15. The summed E-state index contributed by atoms with van der Waals surface area (Å²) in [5, 5.41) is 9.15. The Morgan fingerprint density at radius 1 is 1.10 bits per heavy atom. The van der Waals surface area contributed by atoms with Gasteiger partial charge in [0, 0.05) is 14.1 Å². The molecule has 0 heterocycles. The fourth-order valence-corrected chi connectivity index (χ4v) is 2.96. The molecule has 21 heavy (non-hydrogen) atoms. The molecule has 0 amide bonds. The minimum atomic E-state index is -3.64. The van der Waals surface area contributed by atoms with Gasteiger partial charge in [-0.2, -0.15) is 5.26 Å². The van der Waals surface area contributed by atoms with Crippen molar-refractivity contribution in [3.8, 4) is 6.07 Å². The first-order valence-corrected chi connectivity index (χ1v) is 7.72. The Bertz CT molecular complexity index is 778. The van der Waals surface area contributed by atoms with Crippen molar-refractivity contribution >= 4 is 21.4 Å². The Hall–Kier alpha value is -2.52. The highest BCUT2D eigenvalue weighted by Crippen LogP contribution is 2.23. The molecule has 0 spiro atoms. The molecule has 0 bridgehead atoms. The molecule has 108 valence electrons. The van der Waals surface area contributed by atoms with E-state index < -0.39 is 10.0 Å². The van der Waals surface area contributed by atoms with Crippen molar-refractivity contribution in [1.82, 2.24) is 0 Å². The molecular formula is C15H15N3O2S. The highest BCUT2D eigenvalue weighted by molar-refractivity contribution is 7.92. The highest BCUT2D eigenvalue weighted by Gasteiger charge is 2.14. The maximum absolute atomic E-state index is 12.2. The maximum atomic E-state index is 12.2. The van der Waals surface area contributed by atoms with E-state index in [1.54, 1.807) is 35.2 Å². The summed E-state index contributed by atoms with van der Waals surface area (Å²) in [5.41, 5.74) is 1.51. The van der Waals surface area contributed by atoms with Gasteiger partial charge in [0.1, 0.15) is 6.07 Å². The van der Waals surface area contributed by atoms with E-state index in [1.807, 2.05) is 14.1 Å². The van der Waals surface area contributed by atoms with E-state index in [9.17, 15) is 8.42 Å². The van der Waals surface area contributed by atoms with Crippen LogP contribution in [-0.4, -0.2) is 22.5 Å². The van der Waals surface area contributed by atoms with E-state index in [0.717, 1.165) is 5.69 Å². The third-order valence-electron chi connectivity index (χ3n) is 2.90. The zero-order valence-corrected chi connectivity index (χ0v) is 12.6. The molecule has 0 aliphatic rings. The number of anilines is 2. The van der Waals surface area contributed by atoms with Gasteiger partial charge < -0.3 is 4.90 Å². The molecule has 6 heteroatoms. The quantitative estimate of drug-likeness (QED) is 0.941. The highest BCUT2D eigenvalue weighted by atomic mass is 32.2. The molecule has 0 saturated heterocycles. The fraction of sp³-hybridized carbons (Fsp3) is 0.133. The van der Waals surface area contributed by atoms with Gasteiger partial charge in [0.25, 0.3) is 10.0 Å². The van der Waals surface area contributed by atoms with Crippen LogP contribution in [0.4, 0.5) is 11.4 Å². The second kappa shape index (κ2) is 5.85. The van der Waals surface area contributed by atoms with Crippen LogP contribution in [0.1, 0.15) is 5.56 Å². The normalized spacial score (nSPS) is 10.7. The standard InChI is InChI=1S/C15H15N3O2S/c1-18(2)15-9-8-13(10-12(15)11-16)17-21(19,20)14-6-4-3-5-7-14/h3-10,17H,1-2H3. The molecule has 5 nitrogen and oxygen atoms in total. The Morgan fingerprint density at radius 2 is 1.76 bits per heavy atom. The SMILES string of the molecule is CN(C)c1ccc(NS(=O)(=O)c2ccccc2)cc1C#N. The molecule has 0 aromatic heterocycles. The molecule has 1 N–H and O–H groups in total. The third-order valence-corrected chi connectivity index (χ3v) is 4.30. The maximum Gasteiger partial charge on any atom is 0.261 e. The van der Waals surface area contributed by atoms with Crippen molar-refractivity contribution in [2.24, 2.45) is 0 Å². The van der Waals surface area contributed by atoms with Crippen LogP contribution in [0.3, 0.4) is 0 Å². The predicted octanol–water partition coefficient (Wildman–Crippen LogP) is 2.43. The Balaban J connectivity index is 2.35. The van der Waals surface area contributed by atoms with Crippen molar-refractivity contribution in [1.29, 1.82) is 5.26 Å². The molecule has 0 atom stereocenters. The van der Waals surface area contributed by atoms with Crippen LogP contribution in [0.5, 0.6) is 0 Å². The predicted molar refractivity (Wildman–Crippen MR) is 82.7 cm³/mol. The average Bonchev–Trinajstić information content (AvgIpc) is 2.47. The number of rotatable bonds is 4. The van der Waals surface area contributed by atoms with Crippen molar-refractivity contribution in [3.05, 3.63) is 54.1 Å². The lowest BCUT2D eigenvalue weighted by molar-refractivity contribution is 0.601. The van der Waals surface area contributed by atoms with Crippen LogP contribution < -0.4 is 9.62 Å². The number of nitrogens with zero attached hydrogens (tertiary/aromatic N) is 2. The number of sulfonamides is 1. The van der Waals surface area contributed by atoms with Crippen LogP contribution in [0, 0.1) is 11.3 Å². The van der Waals surface area contributed by atoms with Gasteiger partial charge in [0.15, 0.2) is 0 Å². The van der Waals surface area contributed by atoms with Gasteiger partial charge in [0.2, 0.25) is 0 Å². The minimum absolute atomic E-state index is 0.181. The lowest BCUT2D eigenvalue weighted by Gasteiger charge is -2.15. The van der Waals surface area contributed by atoms with Gasteiger partial charge in [-0.1, -0.05) is 18.2 Å². The van der Waals surface area contributed by atoms with Gasteiger partial charge in [-0.3, -0.25) is 4.72 Å². The van der Waals surface area contributed by atoms with Crippen molar-refractivity contribution in [2.45, 2.75) is 4.90 Å². The summed E-state index contributed by atoms with van der Waals surface area (Å²) < 4.78 is 26.9. The van der Waals surface area contributed by atoms with E-state index in [-0.39, 0.29) is 4.90 Å². The summed E-state index contributed by atoms with van der Waals surface area (Å²) in [5.74, 6) is 0. The summed E-state index contributed by atoms with van der Waals surface area (Å²) in [7, 11) is 0.00237. The first kappa shape index (κ1) is 14.9. The van der Waals surface area contributed by atoms with Crippen LogP contribution in [0.2, 0.25) is 0 Å². The van der Waals surface area contributed by atoms with Gasteiger partial charge in [0.05, 0.1) is 21.8 Å². The van der Waals surface area contributed by atoms with Crippen molar-refractivity contribution in [2.75, 3.05) is 23.7 Å². The largest absolute Gasteiger partial charge is 0.377 e. The van der Waals surface area contributed by atoms with Crippen LogP contribution >= 0.6 is 0 Å². The summed E-state index contributed by atoms with van der Waals surface area (Å²) in [6.07, 6.45) is 0. The molecule has 2 aromatic carbocycles. The molecule has 0 radical (unpaired) electrons. The van der Waals surface area contributed by atoms with Crippen LogP contribution in [0.25, 0.3) is 0 Å². The zero-order chi connectivity index (χ0) is 15.5. The summed E-state index contributed by atoms with van der Waals surface area (Å²) in [4.78, 5) is 1.98. The molecule has 2 aromatic rings. The first-order chi connectivity index (χ1) is 9.94. The molecule has 2 rings (SSSR count). The summed E-state index contributed by atoms with van der Waals surface area (Å²) in [6, 6.07) is 15.0. The zero-order valence-electron chi connectivity index (χ0n) is 11.7. The molecule has 0 unspecified atom stereocenters. The smallest absolute Gasteiger partial charge is 0.261 e. The van der Waals surface area contributed by atoms with Crippen LogP contribution in [-0.2, 0) is 10.0 Å². The van der Waals surface area contributed by atoms with Gasteiger partial charge in [-0.25, -0.2) is 8.42 Å². The molecule has 0 aliphatic carbocycles. The second-order valence-electron chi connectivity index (χ2n) is 4.66. The summed E-state index contributed by atoms with van der Waals surface area (Å²) >= 11 is 0. The molecular weight excluding hydrogens is 286 g/mol. The van der Waals surface area contributed by atoms with Crippen molar-refractivity contribution in [3.63, 3.8) is 0 Å². The van der Waals surface area contributed by atoms with E-state index in [4.69, 9.17) is 5.26 Å². The van der Waals surface area contributed by atoms with Crippen molar-refractivity contribution < 1.29 is 8.42 Å². The minimum Gasteiger partial charge on any atom is -0.377 e. The molecule has 0 aliphatic heterocycles. The van der Waals surface area contributed by atoms with Gasteiger partial charge in [-0.15, -0.1) is 0 Å². The topological polar surface area (TPSA) is 73.2 Å². The fourth-order valence-electron chi connectivity index (χ4n) is 1.89. The number of hydrogen-bond donors (Lipinski definition) is 1. The van der Waals surface area contributed by atoms with E-state index in [1.165, 1.54) is 18.2 Å². The van der Waals surface area contributed by atoms with E-state index in [2.05, 4.69) is 10.8 Å². The molecule has 0 fully saturated rings. The number of nitrogens with one attached hydrogen (secondary N) is 1. The number of hydrogen-bond acceptors (Lipinski definition) is 4.